The molecule has 0 unspecified atom stereocenters. The molecule has 138 valence electrons. The molecule has 0 atom stereocenters. The standard InChI is InChI=1S/C19H18N4O4/c1-3-26-19(25)23-20-16(24)13-7-9-14(10-8-13)17-21-22-18(27-17)15-6-4-5-12(2)11-15/h4-11H,3H2,1-2H3,(H,20,24)(H,23,25). The van der Waals surface area contributed by atoms with Crippen LogP contribution in [0, 0.1) is 6.92 Å². The number of amides is 2. The van der Waals surface area contributed by atoms with Gasteiger partial charge in [0, 0.05) is 16.7 Å². The van der Waals surface area contributed by atoms with Crippen LogP contribution < -0.4 is 10.9 Å². The average molecular weight is 366 g/mol. The number of nitrogens with zero attached hydrogens (tertiary/aromatic N) is 2. The summed E-state index contributed by atoms with van der Waals surface area (Å²) in [7, 11) is 0. The fraction of sp³-hybridized carbons (Fsp3) is 0.158. The maximum atomic E-state index is 12.0. The van der Waals surface area contributed by atoms with Crippen molar-refractivity contribution in [2.24, 2.45) is 0 Å². The molecular formula is C19H18N4O4. The van der Waals surface area contributed by atoms with E-state index >= 15 is 0 Å². The van der Waals surface area contributed by atoms with Gasteiger partial charge in [0.2, 0.25) is 11.8 Å². The van der Waals surface area contributed by atoms with Crippen LogP contribution in [0.15, 0.2) is 52.9 Å². The van der Waals surface area contributed by atoms with Crippen molar-refractivity contribution in [3.05, 3.63) is 59.7 Å². The van der Waals surface area contributed by atoms with Crippen LogP contribution in [0.25, 0.3) is 22.9 Å². The highest BCUT2D eigenvalue weighted by atomic mass is 16.6. The number of carbonyl (C=O) groups excluding carboxylic acids is 2. The highest BCUT2D eigenvalue weighted by molar-refractivity contribution is 5.95. The zero-order chi connectivity index (χ0) is 19.2. The van der Waals surface area contributed by atoms with Gasteiger partial charge in [0.1, 0.15) is 0 Å². The third kappa shape index (κ3) is 4.49. The summed E-state index contributed by atoms with van der Waals surface area (Å²) >= 11 is 0. The van der Waals surface area contributed by atoms with Gasteiger partial charge in [-0.25, -0.2) is 10.2 Å². The Morgan fingerprint density at radius 1 is 1.00 bits per heavy atom. The van der Waals surface area contributed by atoms with Crippen molar-refractivity contribution in [3.8, 4) is 22.9 Å². The predicted molar refractivity (Wildman–Crippen MR) is 97.5 cm³/mol. The monoisotopic (exact) mass is 366 g/mol. The Balaban J connectivity index is 1.69. The molecule has 0 aliphatic carbocycles. The molecule has 0 aliphatic rings. The molecule has 2 amide bonds. The normalized spacial score (nSPS) is 10.3. The number of nitrogens with one attached hydrogen (secondary N) is 2. The molecule has 3 aromatic rings. The summed E-state index contributed by atoms with van der Waals surface area (Å²) in [5.74, 6) is 0.304. The number of carbonyl (C=O) groups is 2. The smallest absolute Gasteiger partial charge is 0.426 e. The quantitative estimate of drug-likeness (QED) is 0.687. The van der Waals surface area contributed by atoms with E-state index < -0.39 is 12.0 Å². The molecule has 0 spiro atoms. The van der Waals surface area contributed by atoms with Gasteiger partial charge in [-0.15, -0.1) is 10.2 Å². The van der Waals surface area contributed by atoms with Crippen LogP contribution in [-0.4, -0.2) is 28.8 Å². The SMILES string of the molecule is CCOC(=O)NNC(=O)c1ccc(-c2nnc(-c3cccc(C)c3)o2)cc1. The Kier molecular flexibility index (Phi) is 5.46. The van der Waals surface area contributed by atoms with E-state index in [0.717, 1.165) is 11.1 Å². The first-order valence-corrected chi connectivity index (χ1v) is 8.31. The van der Waals surface area contributed by atoms with Crippen LogP contribution in [0.5, 0.6) is 0 Å². The Bertz CT molecular complexity index is 950. The maximum Gasteiger partial charge on any atom is 0.426 e. The molecule has 0 bridgehead atoms. The van der Waals surface area contributed by atoms with Crippen molar-refractivity contribution in [2.75, 3.05) is 6.61 Å². The molecule has 0 aliphatic heterocycles. The van der Waals surface area contributed by atoms with Crippen LogP contribution >= 0.6 is 0 Å². The number of hydrogen-bond donors (Lipinski definition) is 2. The molecule has 8 heteroatoms. The third-order valence-electron chi connectivity index (χ3n) is 3.64. The maximum absolute atomic E-state index is 12.0. The molecule has 3 rings (SSSR count). The van der Waals surface area contributed by atoms with Crippen LogP contribution in [0.3, 0.4) is 0 Å². The number of aryl methyl sites for hydroxylation is 1. The van der Waals surface area contributed by atoms with Crippen LogP contribution in [0.1, 0.15) is 22.8 Å². The number of ether oxygens (including phenoxy) is 1. The van der Waals surface area contributed by atoms with Gasteiger partial charge in [-0.3, -0.25) is 10.2 Å². The summed E-state index contributed by atoms with van der Waals surface area (Å²) in [4.78, 5) is 23.2. The van der Waals surface area contributed by atoms with Gasteiger partial charge in [0.25, 0.3) is 5.91 Å². The minimum Gasteiger partial charge on any atom is -0.449 e. The fourth-order valence-electron chi connectivity index (χ4n) is 2.35. The van der Waals surface area contributed by atoms with Crippen molar-refractivity contribution in [1.82, 2.24) is 21.0 Å². The summed E-state index contributed by atoms with van der Waals surface area (Å²) in [5, 5.41) is 8.13. The lowest BCUT2D eigenvalue weighted by Crippen LogP contribution is -2.41. The van der Waals surface area contributed by atoms with Gasteiger partial charge < -0.3 is 9.15 Å². The fourth-order valence-corrected chi connectivity index (χ4v) is 2.35. The van der Waals surface area contributed by atoms with Crippen molar-refractivity contribution in [3.63, 3.8) is 0 Å². The van der Waals surface area contributed by atoms with E-state index in [1.807, 2.05) is 31.2 Å². The van der Waals surface area contributed by atoms with Crippen molar-refractivity contribution in [1.29, 1.82) is 0 Å². The van der Waals surface area contributed by atoms with Gasteiger partial charge in [0.15, 0.2) is 0 Å². The van der Waals surface area contributed by atoms with Gasteiger partial charge in [0.05, 0.1) is 6.61 Å². The molecular weight excluding hydrogens is 348 g/mol. The van der Waals surface area contributed by atoms with Gasteiger partial charge >= 0.3 is 6.09 Å². The first-order chi connectivity index (χ1) is 13.1. The largest absolute Gasteiger partial charge is 0.449 e. The Hall–Kier alpha value is -3.68. The lowest BCUT2D eigenvalue weighted by molar-refractivity contribution is 0.0912. The highest BCUT2D eigenvalue weighted by Crippen LogP contribution is 2.24. The Labute approximate surface area is 155 Å². The van der Waals surface area contributed by atoms with Gasteiger partial charge in [-0.1, -0.05) is 17.7 Å². The predicted octanol–water partition coefficient (Wildman–Crippen LogP) is 3.10. The topological polar surface area (TPSA) is 106 Å². The first-order valence-electron chi connectivity index (χ1n) is 8.31. The van der Waals surface area contributed by atoms with Crippen LogP contribution in [0.2, 0.25) is 0 Å². The lowest BCUT2D eigenvalue weighted by atomic mass is 10.1. The van der Waals surface area contributed by atoms with Crippen molar-refractivity contribution >= 4 is 12.0 Å². The molecule has 1 aromatic heterocycles. The van der Waals surface area contributed by atoms with Crippen LogP contribution in [0.4, 0.5) is 4.79 Å². The summed E-state index contributed by atoms with van der Waals surface area (Å²) in [6.45, 7) is 3.87. The van der Waals surface area contributed by atoms with E-state index in [-0.39, 0.29) is 6.61 Å². The molecule has 8 nitrogen and oxygen atoms in total. The van der Waals surface area contributed by atoms with E-state index in [2.05, 4.69) is 25.8 Å². The first kappa shape index (κ1) is 18.1. The van der Waals surface area contributed by atoms with Gasteiger partial charge in [-0.2, -0.15) is 0 Å². The molecule has 0 saturated carbocycles. The summed E-state index contributed by atoms with van der Waals surface area (Å²) in [5.41, 5.74) is 7.38. The Morgan fingerprint density at radius 2 is 1.70 bits per heavy atom. The summed E-state index contributed by atoms with van der Waals surface area (Å²) in [6.07, 6.45) is -0.725. The molecule has 1 heterocycles. The molecule has 0 saturated heterocycles. The number of hydrogen-bond acceptors (Lipinski definition) is 6. The number of benzene rings is 2. The lowest BCUT2D eigenvalue weighted by Gasteiger charge is -2.07. The van der Waals surface area contributed by atoms with E-state index in [4.69, 9.17) is 4.42 Å². The minimum atomic E-state index is -0.725. The summed E-state index contributed by atoms with van der Waals surface area (Å²) in [6, 6.07) is 14.3. The second-order valence-electron chi connectivity index (χ2n) is 5.66. The third-order valence-corrected chi connectivity index (χ3v) is 3.64. The highest BCUT2D eigenvalue weighted by Gasteiger charge is 2.12. The summed E-state index contributed by atoms with van der Waals surface area (Å²) < 4.78 is 10.4. The van der Waals surface area contributed by atoms with Crippen molar-refractivity contribution < 1.29 is 18.7 Å². The second-order valence-corrected chi connectivity index (χ2v) is 5.66. The molecule has 27 heavy (non-hydrogen) atoms. The minimum absolute atomic E-state index is 0.213. The molecule has 0 fully saturated rings. The number of rotatable bonds is 4. The van der Waals surface area contributed by atoms with E-state index in [9.17, 15) is 9.59 Å². The average Bonchev–Trinajstić information content (AvgIpc) is 3.17. The van der Waals surface area contributed by atoms with Crippen LogP contribution in [-0.2, 0) is 4.74 Å². The van der Waals surface area contributed by atoms with Crippen molar-refractivity contribution in [2.45, 2.75) is 13.8 Å². The zero-order valence-electron chi connectivity index (χ0n) is 14.9. The van der Waals surface area contributed by atoms with E-state index in [1.54, 1.807) is 31.2 Å². The number of aromatic nitrogens is 2. The van der Waals surface area contributed by atoms with Gasteiger partial charge in [-0.05, 0) is 50.2 Å². The molecule has 0 radical (unpaired) electrons. The van der Waals surface area contributed by atoms with E-state index in [0.29, 0.717) is 22.9 Å². The molecule has 2 aromatic carbocycles. The Morgan fingerprint density at radius 3 is 2.37 bits per heavy atom. The molecule has 2 N–H and O–H groups in total. The zero-order valence-corrected chi connectivity index (χ0v) is 14.9. The number of hydrazine groups is 1. The second kappa shape index (κ2) is 8.13. The van der Waals surface area contributed by atoms with E-state index in [1.165, 1.54) is 0 Å².